The van der Waals surface area contributed by atoms with Crippen LogP contribution in [0.1, 0.15) is 16.1 Å². The predicted molar refractivity (Wildman–Crippen MR) is 55.9 cm³/mol. The van der Waals surface area contributed by atoms with Gasteiger partial charge in [-0.1, -0.05) is 6.07 Å². The molecule has 1 aromatic heterocycles. The Balaban J connectivity index is 2.59. The standard InChI is InChI=1S/C10H8O3S/c11-10(12)7-2-1-6-3-8(5-14)13-9(6)4-7/h1-4,14H,5H2,(H,11,12). The first kappa shape index (κ1) is 9.15. The molecule has 1 N–H and O–H groups in total. The summed E-state index contributed by atoms with van der Waals surface area (Å²) in [6.07, 6.45) is 0. The van der Waals surface area contributed by atoms with Gasteiger partial charge in [0, 0.05) is 11.1 Å². The highest BCUT2D eigenvalue weighted by Gasteiger charge is 2.07. The van der Waals surface area contributed by atoms with E-state index in [1.807, 2.05) is 6.07 Å². The van der Waals surface area contributed by atoms with Crippen LogP contribution in [-0.4, -0.2) is 11.1 Å². The Bertz CT molecular complexity index is 487. The average molecular weight is 208 g/mol. The zero-order valence-electron chi connectivity index (χ0n) is 7.23. The van der Waals surface area contributed by atoms with Crippen LogP contribution in [0, 0.1) is 0 Å². The van der Waals surface area contributed by atoms with Gasteiger partial charge in [0.2, 0.25) is 0 Å². The van der Waals surface area contributed by atoms with Crippen LogP contribution in [0.25, 0.3) is 11.0 Å². The summed E-state index contributed by atoms with van der Waals surface area (Å²) in [5.41, 5.74) is 0.825. The normalized spacial score (nSPS) is 10.6. The van der Waals surface area contributed by atoms with E-state index < -0.39 is 5.97 Å². The molecule has 1 aromatic carbocycles. The van der Waals surface area contributed by atoms with Gasteiger partial charge >= 0.3 is 5.97 Å². The van der Waals surface area contributed by atoms with E-state index in [9.17, 15) is 4.79 Å². The zero-order chi connectivity index (χ0) is 10.1. The summed E-state index contributed by atoms with van der Waals surface area (Å²) in [4.78, 5) is 10.7. The summed E-state index contributed by atoms with van der Waals surface area (Å²) in [5, 5.41) is 9.65. The fourth-order valence-electron chi connectivity index (χ4n) is 1.30. The number of furan rings is 1. The Morgan fingerprint density at radius 1 is 1.43 bits per heavy atom. The molecule has 4 heteroatoms. The van der Waals surface area contributed by atoms with Crippen molar-refractivity contribution in [1.29, 1.82) is 0 Å². The van der Waals surface area contributed by atoms with Gasteiger partial charge in [0.15, 0.2) is 0 Å². The minimum absolute atomic E-state index is 0.234. The van der Waals surface area contributed by atoms with Gasteiger partial charge in [0.1, 0.15) is 11.3 Å². The summed E-state index contributed by atoms with van der Waals surface area (Å²) < 4.78 is 5.37. The second kappa shape index (κ2) is 3.38. The number of rotatable bonds is 2. The molecule has 0 unspecified atom stereocenters. The molecule has 0 fully saturated rings. The van der Waals surface area contributed by atoms with Gasteiger partial charge in [-0.2, -0.15) is 12.6 Å². The van der Waals surface area contributed by atoms with Crippen molar-refractivity contribution in [3.05, 3.63) is 35.6 Å². The van der Waals surface area contributed by atoms with Crippen molar-refractivity contribution in [2.24, 2.45) is 0 Å². The molecule has 14 heavy (non-hydrogen) atoms. The van der Waals surface area contributed by atoms with Crippen LogP contribution < -0.4 is 0 Å². The fourth-order valence-corrected chi connectivity index (χ4v) is 1.45. The highest BCUT2D eigenvalue weighted by atomic mass is 32.1. The van der Waals surface area contributed by atoms with E-state index in [0.29, 0.717) is 11.3 Å². The van der Waals surface area contributed by atoms with Crippen LogP contribution in [0.4, 0.5) is 0 Å². The zero-order valence-corrected chi connectivity index (χ0v) is 8.12. The number of benzene rings is 1. The van der Waals surface area contributed by atoms with Crippen LogP contribution in [0.15, 0.2) is 28.7 Å². The number of fused-ring (bicyclic) bond motifs is 1. The molecule has 2 rings (SSSR count). The Morgan fingerprint density at radius 2 is 2.21 bits per heavy atom. The third-order valence-electron chi connectivity index (χ3n) is 1.97. The first-order valence-corrected chi connectivity index (χ1v) is 4.70. The van der Waals surface area contributed by atoms with E-state index in [2.05, 4.69) is 12.6 Å². The molecule has 0 radical (unpaired) electrons. The molecule has 0 saturated heterocycles. The lowest BCUT2D eigenvalue weighted by Gasteiger charge is -1.92. The third kappa shape index (κ3) is 1.48. The second-order valence-electron chi connectivity index (χ2n) is 2.93. The smallest absolute Gasteiger partial charge is 0.335 e. The lowest BCUT2D eigenvalue weighted by Crippen LogP contribution is -1.94. The Hall–Kier alpha value is -1.42. The maximum atomic E-state index is 10.7. The highest BCUT2D eigenvalue weighted by molar-refractivity contribution is 7.79. The molecular formula is C10H8O3S. The van der Waals surface area contributed by atoms with Crippen molar-refractivity contribution >= 4 is 29.6 Å². The van der Waals surface area contributed by atoms with Crippen molar-refractivity contribution in [2.45, 2.75) is 5.75 Å². The summed E-state index contributed by atoms with van der Waals surface area (Å²) in [7, 11) is 0. The molecule has 0 atom stereocenters. The number of hydrogen-bond donors (Lipinski definition) is 2. The van der Waals surface area contributed by atoms with Crippen LogP contribution in [0.5, 0.6) is 0 Å². The molecule has 0 spiro atoms. The molecule has 72 valence electrons. The number of carboxylic acid groups (broad SMARTS) is 1. The molecule has 3 nitrogen and oxygen atoms in total. The molecule has 0 aliphatic rings. The van der Waals surface area contributed by atoms with Gasteiger partial charge < -0.3 is 9.52 Å². The third-order valence-corrected chi connectivity index (χ3v) is 2.29. The summed E-state index contributed by atoms with van der Waals surface area (Å²) in [6.45, 7) is 0. The number of hydrogen-bond acceptors (Lipinski definition) is 3. The quantitative estimate of drug-likeness (QED) is 0.746. The van der Waals surface area contributed by atoms with Crippen LogP contribution >= 0.6 is 12.6 Å². The van der Waals surface area contributed by atoms with Crippen molar-refractivity contribution in [3.8, 4) is 0 Å². The number of thiol groups is 1. The van der Waals surface area contributed by atoms with Gasteiger partial charge in [-0.25, -0.2) is 4.79 Å². The summed E-state index contributed by atoms with van der Waals surface area (Å²) >= 11 is 4.08. The molecule has 0 saturated carbocycles. The van der Waals surface area contributed by atoms with Gasteiger partial charge in [0.25, 0.3) is 0 Å². The maximum Gasteiger partial charge on any atom is 0.335 e. The Labute approximate surface area is 85.7 Å². The lowest BCUT2D eigenvalue weighted by molar-refractivity contribution is 0.0697. The number of carbonyl (C=O) groups is 1. The fraction of sp³-hybridized carbons (Fsp3) is 0.100. The van der Waals surface area contributed by atoms with Gasteiger partial charge in [-0.05, 0) is 18.2 Å². The SMILES string of the molecule is O=C(O)c1ccc2cc(CS)oc2c1. The monoisotopic (exact) mass is 208 g/mol. The van der Waals surface area contributed by atoms with E-state index in [1.165, 1.54) is 6.07 Å². The first-order chi connectivity index (χ1) is 6.70. The van der Waals surface area contributed by atoms with Crippen molar-refractivity contribution in [1.82, 2.24) is 0 Å². The Kier molecular flexibility index (Phi) is 2.21. The molecular weight excluding hydrogens is 200 g/mol. The minimum Gasteiger partial charge on any atom is -0.478 e. The predicted octanol–water partition coefficient (Wildman–Crippen LogP) is 2.56. The second-order valence-corrected chi connectivity index (χ2v) is 3.24. The van der Waals surface area contributed by atoms with Gasteiger partial charge in [-0.15, -0.1) is 0 Å². The van der Waals surface area contributed by atoms with Crippen LogP contribution in [-0.2, 0) is 5.75 Å². The molecule has 0 bridgehead atoms. The number of carboxylic acids is 1. The first-order valence-electron chi connectivity index (χ1n) is 4.07. The van der Waals surface area contributed by atoms with Gasteiger partial charge in [0.05, 0.1) is 5.56 Å². The van der Waals surface area contributed by atoms with Crippen molar-refractivity contribution in [2.75, 3.05) is 0 Å². The van der Waals surface area contributed by atoms with Gasteiger partial charge in [-0.3, -0.25) is 0 Å². The molecule has 0 aliphatic heterocycles. The molecule has 0 amide bonds. The van der Waals surface area contributed by atoms with E-state index >= 15 is 0 Å². The largest absolute Gasteiger partial charge is 0.478 e. The van der Waals surface area contributed by atoms with E-state index in [4.69, 9.17) is 9.52 Å². The van der Waals surface area contributed by atoms with E-state index in [-0.39, 0.29) is 5.56 Å². The van der Waals surface area contributed by atoms with Crippen molar-refractivity contribution < 1.29 is 14.3 Å². The summed E-state index contributed by atoms with van der Waals surface area (Å²) in [5.74, 6) is 0.304. The Morgan fingerprint density at radius 3 is 2.86 bits per heavy atom. The minimum atomic E-state index is -0.948. The van der Waals surface area contributed by atoms with Crippen molar-refractivity contribution in [3.63, 3.8) is 0 Å². The average Bonchev–Trinajstić information content (AvgIpc) is 2.58. The molecule has 1 heterocycles. The lowest BCUT2D eigenvalue weighted by atomic mass is 10.2. The number of aromatic carboxylic acids is 1. The van der Waals surface area contributed by atoms with E-state index in [0.717, 1.165) is 11.1 Å². The van der Waals surface area contributed by atoms with Crippen LogP contribution in [0.3, 0.4) is 0 Å². The topological polar surface area (TPSA) is 50.4 Å². The summed E-state index contributed by atoms with van der Waals surface area (Å²) in [6, 6.07) is 6.66. The van der Waals surface area contributed by atoms with Crippen LogP contribution in [0.2, 0.25) is 0 Å². The maximum absolute atomic E-state index is 10.7. The molecule has 0 aliphatic carbocycles. The highest BCUT2D eigenvalue weighted by Crippen LogP contribution is 2.21. The molecule has 2 aromatic rings. The van der Waals surface area contributed by atoms with E-state index in [1.54, 1.807) is 12.1 Å².